The number of carboxylic acid groups (broad SMARTS) is 2. The van der Waals surface area contributed by atoms with Crippen molar-refractivity contribution in [2.75, 3.05) is 5.75 Å². The average molecular weight is 586 g/mol. The first-order valence-electron chi connectivity index (χ1n) is 12.5. The Labute approximate surface area is 239 Å². The maximum absolute atomic E-state index is 12.9. The minimum absolute atomic E-state index is 0.0290. The SMILES string of the molecule is NC(Cc1c[nH]c2ccccc12)C(=O)NC(CS)C(=O)NC(CC(=O)O)C(=O)NC(Cc1ccc(O)cc1)C(=O)O. The fourth-order valence-corrected chi connectivity index (χ4v) is 4.36. The van der Waals surface area contributed by atoms with E-state index in [4.69, 9.17) is 5.73 Å². The van der Waals surface area contributed by atoms with Gasteiger partial charge < -0.3 is 42.0 Å². The molecule has 0 aliphatic carbocycles. The van der Waals surface area contributed by atoms with Crippen LogP contribution in [0.5, 0.6) is 5.75 Å². The third kappa shape index (κ3) is 8.71. The Balaban J connectivity index is 1.64. The van der Waals surface area contributed by atoms with E-state index < -0.39 is 60.2 Å². The average Bonchev–Trinajstić information content (AvgIpc) is 3.34. The molecule has 0 aliphatic rings. The van der Waals surface area contributed by atoms with Gasteiger partial charge in [0.25, 0.3) is 0 Å². The van der Waals surface area contributed by atoms with E-state index in [0.29, 0.717) is 5.56 Å². The number of aromatic amines is 1. The summed E-state index contributed by atoms with van der Waals surface area (Å²) in [5.74, 6) is -5.66. The van der Waals surface area contributed by atoms with Gasteiger partial charge in [0.1, 0.15) is 23.9 Å². The van der Waals surface area contributed by atoms with Crippen LogP contribution in [0.2, 0.25) is 0 Å². The molecule has 1 heterocycles. The quantitative estimate of drug-likeness (QED) is 0.115. The van der Waals surface area contributed by atoms with Gasteiger partial charge in [0.05, 0.1) is 12.5 Å². The van der Waals surface area contributed by atoms with Gasteiger partial charge in [0, 0.05) is 29.3 Å². The number of nitrogens with two attached hydrogens (primary N) is 1. The molecule has 41 heavy (non-hydrogen) atoms. The molecule has 9 N–H and O–H groups in total. The van der Waals surface area contributed by atoms with E-state index in [1.165, 1.54) is 24.3 Å². The van der Waals surface area contributed by atoms with Gasteiger partial charge in [-0.2, -0.15) is 12.6 Å². The van der Waals surface area contributed by atoms with Gasteiger partial charge >= 0.3 is 11.9 Å². The number of phenolic OH excluding ortho intramolecular Hbond substituents is 1. The summed E-state index contributed by atoms with van der Waals surface area (Å²) >= 11 is 4.09. The van der Waals surface area contributed by atoms with Crippen LogP contribution in [0.4, 0.5) is 0 Å². The number of phenols is 1. The second kappa shape index (κ2) is 14.2. The second-order valence-electron chi connectivity index (χ2n) is 9.34. The number of aromatic nitrogens is 1. The molecule has 4 unspecified atom stereocenters. The summed E-state index contributed by atoms with van der Waals surface area (Å²) in [7, 11) is 0. The number of carboxylic acids is 2. The van der Waals surface area contributed by atoms with Crippen molar-refractivity contribution in [3.8, 4) is 5.75 Å². The number of carbonyl (C=O) groups excluding carboxylic acids is 3. The molecule has 0 fully saturated rings. The van der Waals surface area contributed by atoms with Gasteiger partial charge in [-0.05, 0) is 35.7 Å². The molecule has 0 radical (unpaired) electrons. The number of hydrogen-bond donors (Lipinski definition) is 9. The first-order valence-corrected chi connectivity index (χ1v) is 13.2. The van der Waals surface area contributed by atoms with E-state index in [-0.39, 0.29) is 24.3 Å². The molecule has 4 atom stereocenters. The summed E-state index contributed by atoms with van der Waals surface area (Å²) in [6, 6.07) is 7.70. The molecule has 13 nitrogen and oxygen atoms in total. The predicted octanol–water partition coefficient (Wildman–Crippen LogP) is -0.0705. The number of rotatable bonds is 14. The Morgan fingerprint density at radius 1 is 0.829 bits per heavy atom. The normalized spacial score (nSPS) is 13.9. The summed E-state index contributed by atoms with van der Waals surface area (Å²) in [5, 5.41) is 36.1. The van der Waals surface area contributed by atoms with E-state index in [2.05, 4.69) is 33.6 Å². The Morgan fingerprint density at radius 3 is 2.07 bits per heavy atom. The molecule has 14 heteroatoms. The van der Waals surface area contributed by atoms with Crippen molar-refractivity contribution in [3.63, 3.8) is 0 Å². The monoisotopic (exact) mass is 585 g/mol. The van der Waals surface area contributed by atoms with Crippen LogP contribution >= 0.6 is 12.6 Å². The smallest absolute Gasteiger partial charge is 0.326 e. The largest absolute Gasteiger partial charge is 0.508 e. The fraction of sp³-hybridized carbons (Fsp3) is 0.296. The van der Waals surface area contributed by atoms with E-state index in [1.54, 1.807) is 6.20 Å². The fourth-order valence-electron chi connectivity index (χ4n) is 4.10. The van der Waals surface area contributed by atoms with Crippen LogP contribution in [0.1, 0.15) is 17.5 Å². The third-order valence-corrected chi connectivity index (χ3v) is 6.63. The lowest BCUT2D eigenvalue weighted by molar-refractivity contribution is -0.143. The number of aromatic hydroxyl groups is 1. The molecule has 0 aliphatic heterocycles. The summed E-state index contributed by atoms with van der Waals surface area (Å²) < 4.78 is 0. The molecule has 2 aromatic carbocycles. The minimum Gasteiger partial charge on any atom is -0.508 e. The molecular weight excluding hydrogens is 554 g/mol. The maximum Gasteiger partial charge on any atom is 0.326 e. The number of amides is 3. The number of H-pyrrole nitrogens is 1. The van der Waals surface area contributed by atoms with Crippen molar-refractivity contribution < 1.29 is 39.3 Å². The highest BCUT2D eigenvalue weighted by atomic mass is 32.1. The standard InChI is InChI=1S/C27H31N5O8S/c28-18(10-15-12-29-19-4-2-1-3-17(15)19)24(36)32-22(13-41)26(38)30-20(11-23(34)35)25(37)31-21(27(39)40)9-14-5-7-16(33)8-6-14/h1-8,12,18,20-22,29,33,41H,9-11,13,28H2,(H,30,38)(H,31,37)(H,32,36)(H,34,35)(H,39,40). The molecule has 0 saturated heterocycles. The Kier molecular flexibility index (Phi) is 10.7. The number of thiol groups is 1. The van der Waals surface area contributed by atoms with Crippen molar-refractivity contribution in [1.82, 2.24) is 20.9 Å². The van der Waals surface area contributed by atoms with Crippen molar-refractivity contribution in [2.45, 2.75) is 43.4 Å². The lowest BCUT2D eigenvalue weighted by atomic mass is 10.0. The number of nitrogens with one attached hydrogen (secondary N) is 4. The third-order valence-electron chi connectivity index (χ3n) is 6.27. The topological polar surface area (TPSA) is 224 Å². The number of carbonyl (C=O) groups is 5. The summed E-state index contributed by atoms with van der Waals surface area (Å²) in [6.07, 6.45) is 0.884. The zero-order valence-corrected chi connectivity index (χ0v) is 22.6. The molecule has 0 bridgehead atoms. The molecule has 0 spiro atoms. The first kappa shape index (κ1) is 31.0. The van der Waals surface area contributed by atoms with Crippen LogP contribution in [-0.4, -0.2) is 79.9 Å². The van der Waals surface area contributed by atoms with Gasteiger partial charge in [-0.15, -0.1) is 0 Å². The van der Waals surface area contributed by atoms with Crippen LogP contribution in [0.3, 0.4) is 0 Å². The number of para-hydroxylation sites is 1. The van der Waals surface area contributed by atoms with Crippen LogP contribution < -0.4 is 21.7 Å². The van der Waals surface area contributed by atoms with E-state index in [9.17, 15) is 39.3 Å². The summed E-state index contributed by atoms with van der Waals surface area (Å²) in [5.41, 5.74) is 8.23. The number of benzene rings is 2. The minimum atomic E-state index is -1.65. The lowest BCUT2D eigenvalue weighted by Gasteiger charge is -2.24. The first-order chi connectivity index (χ1) is 19.5. The Morgan fingerprint density at radius 2 is 1.44 bits per heavy atom. The molecule has 3 rings (SSSR count). The number of fused-ring (bicyclic) bond motifs is 1. The number of hydrogen-bond acceptors (Lipinski definition) is 8. The van der Waals surface area contributed by atoms with Crippen LogP contribution in [0.25, 0.3) is 10.9 Å². The molecule has 218 valence electrons. The van der Waals surface area contributed by atoms with Crippen molar-refractivity contribution >= 4 is 53.2 Å². The maximum atomic E-state index is 12.9. The van der Waals surface area contributed by atoms with E-state index in [0.717, 1.165) is 16.5 Å². The second-order valence-corrected chi connectivity index (χ2v) is 9.71. The molecule has 1 aromatic heterocycles. The zero-order chi connectivity index (χ0) is 30.1. The summed E-state index contributed by atoms with van der Waals surface area (Å²) in [4.78, 5) is 64.8. The van der Waals surface area contributed by atoms with E-state index >= 15 is 0 Å². The van der Waals surface area contributed by atoms with Crippen LogP contribution in [0, 0.1) is 0 Å². The van der Waals surface area contributed by atoms with Crippen molar-refractivity contribution in [2.24, 2.45) is 5.73 Å². The van der Waals surface area contributed by atoms with Crippen molar-refractivity contribution in [3.05, 3.63) is 65.9 Å². The molecule has 3 aromatic rings. The highest BCUT2D eigenvalue weighted by Crippen LogP contribution is 2.19. The van der Waals surface area contributed by atoms with Gasteiger partial charge in [0.15, 0.2) is 0 Å². The predicted molar refractivity (Wildman–Crippen MR) is 151 cm³/mol. The molecule has 3 amide bonds. The van der Waals surface area contributed by atoms with Gasteiger partial charge in [-0.1, -0.05) is 30.3 Å². The Hall–Kier alpha value is -4.56. The highest BCUT2D eigenvalue weighted by molar-refractivity contribution is 7.80. The van der Waals surface area contributed by atoms with Crippen molar-refractivity contribution in [1.29, 1.82) is 0 Å². The van der Waals surface area contributed by atoms with Crippen LogP contribution in [0.15, 0.2) is 54.7 Å². The highest BCUT2D eigenvalue weighted by Gasteiger charge is 2.31. The Bertz CT molecular complexity index is 1410. The van der Waals surface area contributed by atoms with Crippen LogP contribution in [-0.2, 0) is 36.8 Å². The summed E-state index contributed by atoms with van der Waals surface area (Å²) in [6.45, 7) is 0. The molecule has 0 saturated carbocycles. The number of aliphatic carboxylic acids is 2. The van der Waals surface area contributed by atoms with Gasteiger partial charge in [-0.25, -0.2) is 4.79 Å². The zero-order valence-electron chi connectivity index (χ0n) is 21.7. The molecular formula is C27H31N5O8S. The van der Waals surface area contributed by atoms with Gasteiger partial charge in [-0.3, -0.25) is 19.2 Å². The lowest BCUT2D eigenvalue weighted by Crippen LogP contribution is -2.58. The van der Waals surface area contributed by atoms with E-state index in [1.807, 2.05) is 24.3 Å². The van der Waals surface area contributed by atoms with Gasteiger partial charge in [0.2, 0.25) is 17.7 Å².